The summed E-state index contributed by atoms with van der Waals surface area (Å²) in [5.41, 5.74) is -0.891. The Morgan fingerprint density at radius 3 is 2.62 bits per heavy atom. The maximum atomic E-state index is 14.2. The lowest BCUT2D eigenvalue weighted by Crippen LogP contribution is -2.60. The minimum absolute atomic E-state index is 0.0990. The van der Waals surface area contributed by atoms with Gasteiger partial charge in [-0.05, 0) is 30.7 Å². The SMILES string of the molecule is Cc1ccc(CN2C(=O)c3cccn3[C@@]3(CC(=O)NC3=O)C2=O)c(F)c1. The van der Waals surface area contributed by atoms with Crippen molar-refractivity contribution in [2.45, 2.75) is 25.4 Å². The van der Waals surface area contributed by atoms with Gasteiger partial charge in [-0.1, -0.05) is 12.1 Å². The van der Waals surface area contributed by atoms with Crippen molar-refractivity contribution in [1.82, 2.24) is 14.8 Å². The molecule has 1 N–H and O–H groups in total. The van der Waals surface area contributed by atoms with E-state index in [2.05, 4.69) is 5.32 Å². The quantitative estimate of drug-likeness (QED) is 0.639. The van der Waals surface area contributed by atoms with Crippen molar-refractivity contribution in [3.05, 3.63) is 59.2 Å². The fourth-order valence-corrected chi connectivity index (χ4v) is 3.49. The van der Waals surface area contributed by atoms with Crippen molar-refractivity contribution in [2.75, 3.05) is 0 Å². The van der Waals surface area contributed by atoms with E-state index in [1.54, 1.807) is 13.0 Å². The number of fused-ring (bicyclic) bond motifs is 2. The second-order valence-corrected chi connectivity index (χ2v) is 6.47. The highest BCUT2D eigenvalue weighted by Gasteiger charge is 2.60. The zero-order valence-corrected chi connectivity index (χ0v) is 13.8. The molecule has 26 heavy (non-hydrogen) atoms. The van der Waals surface area contributed by atoms with E-state index in [-0.39, 0.29) is 17.8 Å². The number of aromatic nitrogens is 1. The summed E-state index contributed by atoms with van der Waals surface area (Å²) in [6.07, 6.45) is 1.03. The summed E-state index contributed by atoms with van der Waals surface area (Å²) in [6.45, 7) is 1.40. The number of carbonyl (C=O) groups is 4. The largest absolute Gasteiger partial charge is 0.320 e. The van der Waals surface area contributed by atoms with Crippen LogP contribution in [0.3, 0.4) is 0 Å². The molecule has 0 aliphatic carbocycles. The maximum absolute atomic E-state index is 14.2. The van der Waals surface area contributed by atoms with E-state index in [1.807, 2.05) is 0 Å². The van der Waals surface area contributed by atoms with E-state index in [0.29, 0.717) is 5.56 Å². The third-order valence-corrected chi connectivity index (χ3v) is 4.81. The van der Waals surface area contributed by atoms with E-state index in [0.717, 1.165) is 4.90 Å². The molecule has 2 aromatic rings. The number of imide groups is 2. The zero-order valence-electron chi connectivity index (χ0n) is 13.8. The first kappa shape index (κ1) is 16.2. The molecular formula is C18H14FN3O4. The smallest absolute Gasteiger partial charge is 0.277 e. The van der Waals surface area contributed by atoms with E-state index in [1.165, 1.54) is 35.0 Å². The second-order valence-electron chi connectivity index (χ2n) is 6.47. The molecule has 132 valence electrons. The molecule has 8 heteroatoms. The summed E-state index contributed by atoms with van der Waals surface area (Å²) in [4.78, 5) is 50.9. The van der Waals surface area contributed by atoms with Gasteiger partial charge in [-0.2, -0.15) is 0 Å². The van der Waals surface area contributed by atoms with Gasteiger partial charge in [0.05, 0.1) is 13.0 Å². The Hall–Kier alpha value is -3.29. The minimum atomic E-state index is -1.84. The molecule has 1 aromatic carbocycles. The van der Waals surface area contributed by atoms with E-state index >= 15 is 0 Å². The van der Waals surface area contributed by atoms with Crippen LogP contribution in [0.4, 0.5) is 4.39 Å². The third kappa shape index (κ3) is 2.05. The normalized spacial score (nSPS) is 22.2. The summed E-state index contributed by atoms with van der Waals surface area (Å²) in [6, 6.07) is 7.45. The lowest BCUT2D eigenvalue weighted by molar-refractivity contribution is -0.147. The van der Waals surface area contributed by atoms with E-state index in [4.69, 9.17) is 0 Å². The number of nitrogens with zero attached hydrogens (tertiary/aromatic N) is 2. The molecular weight excluding hydrogens is 341 g/mol. The Kier molecular flexibility index (Phi) is 3.33. The number of hydrogen-bond acceptors (Lipinski definition) is 4. The van der Waals surface area contributed by atoms with Gasteiger partial charge in [-0.25, -0.2) is 4.39 Å². The van der Waals surface area contributed by atoms with Gasteiger partial charge in [0.1, 0.15) is 11.5 Å². The van der Waals surface area contributed by atoms with Crippen molar-refractivity contribution >= 4 is 23.6 Å². The molecule has 3 heterocycles. The monoisotopic (exact) mass is 355 g/mol. The molecule has 2 aliphatic heterocycles. The van der Waals surface area contributed by atoms with Gasteiger partial charge in [0, 0.05) is 11.8 Å². The Morgan fingerprint density at radius 1 is 1.19 bits per heavy atom. The van der Waals surface area contributed by atoms with Gasteiger partial charge in [-0.3, -0.25) is 29.4 Å². The summed E-state index contributed by atoms with van der Waals surface area (Å²) in [5.74, 6) is -3.41. The predicted molar refractivity (Wildman–Crippen MR) is 86.2 cm³/mol. The van der Waals surface area contributed by atoms with Gasteiger partial charge in [0.2, 0.25) is 11.4 Å². The van der Waals surface area contributed by atoms with Crippen molar-refractivity contribution in [3.63, 3.8) is 0 Å². The summed E-state index contributed by atoms with van der Waals surface area (Å²) < 4.78 is 15.5. The first-order chi connectivity index (χ1) is 12.3. The lowest BCUT2D eigenvalue weighted by Gasteiger charge is -2.37. The topological polar surface area (TPSA) is 88.5 Å². The van der Waals surface area contributed by atoms with Gasteiger partial charge < -0.3 is 4.57 Å². The molecule has 1 fully saturated rings. The zero-order chi connectivity index (χ0) is 18.6. The van der Waals surface area contributed by atoms with Crippen LogP contribution in [0.25, 0.3) is 0 Å². The van der Waals surface area contributed by atoms with Crippen LogP contribution in [0.15, 0.2) is 36.5 Å². The van der Waals surface area contributed by atoms with Crippen LogP contribution in [-0.4, -0.2) is 33.1 Å². The van der Waals surface area contributed by atoms with Gasteiger partial charge >= 0.3 is 0 Å². The average Bonchev–Trinajstić information content (AvgIpc) is 3.17. The highest BCUT2D eigenvalue weighted by atomic mass is 19.1. The maximum Gasteiger partial charge on any atom is 0.277 e. The summed E-state index contributed by atoms with van der Waals surface area (Å²) in [5, 5.41) is 2.12. The highest BCUT2D eigenvalue weighted by Crippen LogP contribution is 2.36. The number of halogens is 1. The molecule has 1 saturated heterocycles. The number of nitrogens with one attached hydrogen (secondary N) is 1. The number of carbonyl (C=O) groups excluding carboxylic acids is 4. The van der Waals surface area contributed by atoms with Crippen LogP contribution < -0.4 is 5.32 Å². The number of benzene rings is 1. The standard InChI is InChI=1S/C18H14FN3O4/c1-10-4-5-11(12(19)7-10)9-21-15(24)13-3-2-6-22(13)18(17(21)26)8-14(23)20-16(18)25/h2-7H,8-9H2,1H3,(H,20,23,25)/t18-/m1/s1. The molecule has 1 atom stereocenters. The first-order valence-corrected chi connectivity index (χ1v) is 7.98. The van der Waals surface area contributed by atoms with Gasteiger partial charge in [0.15, 0.2) is 0 Å². The van der Waals surface area contributed by atoms with Crippen molar-refractivity contribution in [2.24, 2.45) is 0 Å². The molecule has 4 rings (SSSR count). The molecule has 2 aliphatic rings. The number of aryl methyl sites for hydroxylation is 1. The fourth-order valence-electron chi connectivity index (χ4n) is 3.49. The van der Waals surface area contributed by atoms with Crippen LogP contribution in [0.2, 0.25) is 0 Å². The molecule has 4 amide bonds. The molecule has 0 unspecified atom stereocenters. The Morgan fingerprint density at radius 2 is 1.96 bits per heavy atom. The fraction of sp³-hybridized carbons (Fsp3) is 0.222. The molecule has 0 saturated carbocycles. The van der Waals surface area contributed by atoms with Crippen molar-refractivity contribution in [1.29, 1.82) is 0 Å². The van der Waals surface area contributed by atoms with Gasteiger partial charge in [-0.15, -0.1) is 0 Å². The summed E-state index contributed by atoms with van der Waals surface area (Å²) in [7, 11) is 0. The van der Waals surface area contributed by atoms with E-state index < -0.39 is 41.4 Å². The van der Waals surface area contributed by atoms with Crippen LogP contribution >= 0.6 is 0 Å². The first-order valence-electron chi connectivity index (χ1n) is 7.98. The number of hydrogen-bond donors (Lipinski definition) is 1. The summed E-state index contributed by atoms with van der Waals surface area (Å²) >= 11 is 0. The van der Waals surface area contributed by atoms with E-state index in [9.17, 15) is 23.6 Å². The van der Waals surface area contributed by atoms with Crippen LogP contribution in [-0.2, 0) is 26.5 Å². The Balaban J connectivity index is 1.82. The highest BCUT2D eigenvalue weighted by molar-refractivity contribution is 6.24. The molecule has 0 bridgehead atoms. The second kappa shape index (κ2) is 5.35. The molecule has 1 spiro atoms. The van der Waals surface area contributed by atoms with Crippen LogP contribution in [0.1, 0.15) is 28.0 Å². The van der Waals surface area contributed by atoms with Crippen LogP contribution in [0, 0.1) is 12.7 Å². The molecule has 1 aromatic heterocycles. The third-order valence-electron chi connectivity index (χ3n) is 4.81. The average molecular weight is 355 g/mol. The molecule has 7 nitrogen and oxygen atoms in total. The minimum Gasteiger partial charge on any atom is -0.320 e. The molecule has 0 radical (unpaired) electrons. The number of rotatable bonds is 2. The lowest BCUT2D eigenvalue weighted by atomic mass is 9.91. The van der Waals surface area contributed by atoms with Gasteiger partial charge in [0.25, 0.3) is 17.7 Å². The van der Waals surface area contributed by atoms with Crippen molar-refractivity contribution < 1.29 is 23.6 Å². The van der Waals surface area contributed by atoms with Crippen molar-refractivity contribution in [3.8, 4) is 0 Å². The predicted octanol–water partition coefficient (Wildman–Crippen LogP) is 0.860. The van der Waals surface area contributed by atoms with Crippen LogP contribution in [0.5, 0.6) is 0 Å². The number of amides is 4. The Bertz CT molecular complexity index is 996. The Labute approximate surface area is 147 Å².